The van der Waals surface area contributed by atoms with Crippen LogP contribution in [0.2, 0.25) is 5.02 Å². The molecule has 1 rings (SSSR count). The summed E-state index contributed by atoms with van der Waals surface area (Å²) in [6, 6.07) is 4.55. The summed E-state index contributed by atoms with van der Waals surface area (Å²) in [5.74, 6) is 5.04. The summed E-state index contributed by atoms with van der Waals surface area (Å²) in [6.07, 6.45) is 0. The van der Waals surface area contributed by atoms with E-state index in [0.717, 1.165) is 0 Å². The van der Waals surface area contributed by atoms with E-state index in [1.807, 2.05) is 0 Å². The quantitative estimate of drug-likeness (QED) is 0.705. The Labute approximate surface area is 105 Å². The Morgan fingerprint density at radius 1 is 1.47 bits per heavy atom. The van der Waals surface area contributed by atoms with Crippen LogP contribution in [0.25, 0.3) is 0 Å². The first-order valence-corrected chi connectivity index (χ1v) is 6.45. The molecule has 0 bridgehead atoms. The first-order valence-electron chi connectivity index (χ1n) is 4.59. The molecule has 0 aliphatic heterocycles. The van der Waals surface area contributed by atoms with Crippen LogP contribution in [-0.4, -0.2) is 27.2 Å². The van der Waals surface area contributed by atoms with Crippen LogP contribution in [0.3, 0.4) is 0 Å². The molecule has 0 atom stereocenters. The lowest BCUT2D eigenvalue weighted by molar-refractivity contribution is 0.350. The van der Waals surface area contributed by atoms with Crippen LogP contribution in [0.4, 0.5) is 5.69 Å². The van der Waals surface area contributed by atoms with Crippen LogP contribution in [0.5, 0.6) is 0 Å². The highest BCUT2D eigenvalue weighted by Crippen LogP contribution is 2.20. The topological polar surface area (TPSA) is 78.4 Å². The van der Waals surface area contributed by atoms with Crippen molar-refractivity contribution >= 4 is 27.5 Å². The van der Waals surface area contributed by atoms with Crippen molar-refractivity contribution in [2.45, 2.75) is 0 Å². The number of aliphatic hydroxyl groups is 1. The summed E-state index contributed by atoms with van der Waals surface area (Å²) in [5, 5.41) is 9.04. The summed E-state index contributed by atoms with van der Waals surface area (Å²) in [4.78, 5) is 0. The fourth-order valence-corrected chi connectivity index (χ4v) is 1.78. The molecule has 7 heteroatoms. The van der Waals surface area contributed by atoms with E-state index in [4.69, 9.17) is 16.7 Å². The predicted octanol–water partition coefficient (Wildman–Crippen LogP) is 0.560. The lowest BCUT2D eigenvalue weighted by Crippen LogP contribution is -2.26. The van der Waals surface area contributed by atoms with Crippen LogP contribution >= 0.6 is 11.6 Å². The maximum atomic E-state index is 11.3. The highest BCUT2D eigenvalue weighted by molar-refractivity contribution is 7.90. The van der Waals surface area contributed by atoms with Crippen molar-refractivity contribution in [2.24, 2.45) is 0 Å². The van der Waals surface area contributed by atoms with Gasteiger partial charge in [-0.05, 0) is 18.2 Å². The van der Waals surface area contributed by atoms with E-state index in [1.165, 1.54) is 19.2 Å². The summed E-state index contributed by atoms with van der Waals surface area (Å²) in [7, 11) is -2.32. The van der Waals surface area contributed by atoms with Gasteiger partial charge in [-0.1, -0.05) is 23.4 Å². The van der Waals surface area contributed by atoms with Crippen LogP contribution < -0.4 is 9.44 Å². The minimum atomic E-state index is -3.61. The molecule has 0 aliphatic carbocycles. The second kappa shape index (κ2) is 5.89. The van der Waals surface area contributed by atoms with E-state index in [1.54, 1.807) is 6.07 Å². The van der Waals surface area contributed by atoms with Crippen LogP contribution in [0.15, 0.2) is 18.2 Å². The second-order valence-corrected chi connectivity index (χ2v) is 5.02. The normalized spacial score (nSPS) is 10.5. The van der Waals surface area contributed by atoms with E-state index >= 15 is 0 Å². The predicted molar refractivity (Wildman–Crippen MR) is 67.0 cm³/mol. The third kappa shape index (κ3) is 4.24. The number of anilines is 1. The van der Waals surface area contributed by atoms with E-state index in [9.17, 15) is 8.42 Å². The van der Waals surface area contributed by atoms with Crippen molar-refractivity contribution in [1.82, 2.24) is 4.72 Å². The zero-order valence-electron chi connectivity index (χ0n) is 8.99. The number of aliphatic hydroxyl groups excluding tert-OH is 1. The van der Waals surface area contributed by atoms with Crippen LogP contribution in [0.1, 0.15) is 5.56 Å². The largest absolute Gasteiger partial charge is 0.384 e. The maximum absolute atomic E-state index is 11.3. The van der Waals surface area contributed by atoms with Crippen LogP contribution in [-0.2, 0) is 10.2 Å². The minimum absolute atomic E-state index is 0.296. The molecule has 92 valence electrons. The van der Waals surface area contributed by atoms with Gasteiger partial charge in [-0.2, -0.15) is 8.42 Å². The molecule has 0 saturated carbocycles. The highest BCUT2D eigenvalue weighted by atomic mass is 35.5. The van der Waals surface area contributed by atoms with Gasteiger partial charge in [0.2, 0.25) is 0 Å². The zero-order valence-corrected chi connectivity index (χ0v) is 10.6. The molecule has 1 aromatic rings. The molecular formula is C10H11ClN2O3S. The first kappa shape index (κ1) is 13.8. The Morgan fingerprint density at radius 3 is 2.76 bits per heavy atom. The van der Waals surface area contributed by atoms with Gasteiger partial charge in [0, 0.05) is 12.1 Å². The summed E-state index contributed by atoms with van der Waals surface area (Å²) in [6.45, 7) is -0.315. The fourth-order valence-electron chi connectivity index (χ4n) is 1.04. The molecule has 0 amide bonds. The molecule has 0 heterocycles. The average Bonchev–Trinajstić information content (AvgIpc) is 2.29. The molecular weight excluding hydrogens is 264 g/mol. The first-order chi connectivity index (χ1) is 7.98. The minimum Gasteiger partial charge on any atom is -0.384 e. The number of hydrogen-bond acceptors (Lipinski definition) is 3. The smallest absolute Gasteiger partial charge is 0.298 e. The molecule has 0 spiro atoms. The van der Waals surface area contributed by atoms with E-state index in [0.29, 0.717) is 16.3 Å². The molecule has 0 unspecified atom stereocenters. The van der Waals surface area contributed by atoms with Crippen molar-refractivity contribution in [1.29, 1.82) is 0 Å². The molecule has 3 N–H and O–H groups in total. The maximum Gasteiger partial charge on any atom is 0.298 e. The van der Waals surface area contributed by atoms with Gasteiger partial charge in [0.05, 0.1) is 11.3 Å². The van der Waals surface area contributed by atoms with Gasteiger partial charge in [-0.25, -0.2) is 4.72 Å². The Bertz CT molecular complexity index is 561. The standard InChI is InChI=1S/C10H11ClN2O3S/c1-12-17(15,16)13-10-5-4-9(11)7-8(10)3-2-6-14/h4-5,7,12-14H,6H2,1H3. The molecule has 0 saturated heterocycles. The highest BCUT2D eigenvalue weighted by Gasteiger charge is 2.09. The number of nitrogens with one attached hydrogen (secondary N) is 2. The van der Waals surface area contributed by atoms with Crippen molar-refractivity contribution in [3.63, 3.8) is 0 Å². The van der Waals surface area contributed by atoms with Gasteiger partial charge in [-0.15, -0.1) is 0 Å². The summed E-state index contributed by atoms with van der Waals surface area (Å²) >= 11 is 5.78. The van der Waals surface area contributed by atoms with Crippen molar-refractivity contribution in [3.8, 4) is 11.8 Å². The molecule has 5 nitrogen and oxygen atoms in total. The van der Waals surface area contributed by atoms with Gasteiger partial charge in [0.15, 0.2) is 0 Å². The summed E-state index contributed by atoms with van der Waals surface area (Å²) in [5.41, 5.74) is 0.690. The molecule has 0 aromatic heterocycles. The number of hydrogen-bond donors (Lipinski definition) is 3. The molecule has 1 aromatic carbocycles. The number of benzene rings is 1. The van der Waals surface area contributed by atoms with Gasteiger partial charge in [-0.3, -0.25) is 4.72 Å². The molecule has 17 heavy (non-hydrogen) atoms. The van der Waals surface area contributed by atoms with Gasteiger partial charge in [0.25, 0.3) is 10.2 Å². The van der Waals surface area contributed by atoms with E-state index in [-0.39, 0.29) is 6.61 Å². The average molecular weight is 275 g/mol. The SMILES string of the molecule is CNS(=O)(=O)Nc1ccc(Cl)cc1C#CCO. The Balaban J connectivity index is 3.15. The zero-order chi connectivity index (χ0) is 12.9. The summed E-state index contributed by atoms with van der Waals surface area (Å²) < 4.78 is 27.1. The van der Waals surface area contributed by atoms with Gasteiger partial charge in [0.1, 0.15) is 6.61 Å². The van der Waals surface area contributed by atoms with E-state index < -0.39 is 10.2 Å². The van der Waals surface area contributed by atoms with Crippen molar-refractivity contribution in [3.05, 3.63) is 28.8 Å². The third-order valence-corrected chi connectivity index (χ3v) is 3.06. The molecule has 0 radical (unpaired) electrons. The molecule has 0 aliphatic rings. The number of halogens is 1. The fraction of sp³-hybridized carbons (Fsp3) is 0.200. The van der Waals surface area contributed by atoms with E-state index in [2.05, 4.69) is 21.3 Å². The van der Waals surface area contributed by atoms with Crippen LogP contribution in [0, 0.1) is 11.8 Å². The Kier molecular flexibility index (Phi) is 4.78. The van der Waals surface area contributed by atoms with Gasteiger partial charge >= 0.3 is 0 Å². The second-order valence-electron chi connectivity index (χ2n) is 2.96. The third-order valence-electron chi connectivity index (χ3n) is 1.80. The van der Waals surface area contributed by atoms with Gasteiger partial charge < -0.3 is 5.11 Å². The lowest BCUT2D eigenvalue weighted by atomic mass is 10.2. The monoisotopic (exact) mass is 274 g/mol. The Morgan fingerprint density at radius 2 is 2.18 bits per heavy atom. The van der Waals surface area contributed by atoms with Crippen molar-refractivity contribution in [2.75, 3.05) is 18.4 Å². The molecule has 0 fully saturated rings. The number of rotatable bonds is 3. The van der Waals surface area contributed by atoms with Crippen molar-refractivity contribution < 1.29 is 13.5 Å². The Hall–Kier alpha value is -1.26. The lowest BCUT2D eigenvalue weighted by Gasteiger charge is -2.08.